The Kier molecular flexibility index (Phi) is 22.8. The second-order valence-electron chi connectivity index (χ2n) is 10.9. The monoisotopic (exact) mass is 507 g/mol. The standard InChI is InChI=1S/C23H42N4.C5H12.2C2H6/c1-6-24-12-14-25(7-2)16-18-27(19-17-26(8-3)15-13-24)20-23-21(4)10-9-11-22(23)5;1-5(2,3)4;2*1-2/h9-11H,6-8,12-20H2,1-5H3;1-4H3;2*1-2H3. The Labute approximate surface area is 228 Å². The van der Waals surface area contributed by atoms with Crippen molar-refractivity contribution in [1.29, 1.82) is 0 Å². The molecule has 0 bridgehead atoms. The minimum atomic E-state index is 0.500. The average molecular weight is 507 g/mol. The van der Waals surface area contributed by atoms with Crippen LogP contribution in [-0.2, 0) is 6.54 Å². The Balaban J connectivity index is 0. The molecule has 214 valence electrons. The van der Waals surface area contributed by atoms with Crippen LogP contribution in [0.4, 0.5) is 0 Å². The fraction of sp³-hybridized carbons (Fsp3) is 0.812. The summed E-state index contributed by atoms with van der Waals surface area (Å²) in [6.07, 6.45) is 0. The van der Waals surface area contributed by atoms with Crippen LogP contribution in [0.5, 0.6) is 0 Å². The number of rotatable bonds is 5. The summed E-state index contributed by atoms with van der Waals surface area (Å²) < 4.78 is 0. The van der Waals surface area contributed by atoms with Gasteiger partial charge in [0.2, 0.25) is 0 Å². The molecule has 0 amide bonds. The highest BCUT2D eigenvalue weighted by Crippen LogP contribution is 2.16. The third-order valence-corrected chi connectivity index (χ3v) is 6.30. The molecule has 1 saturated heterocycles. The van der Waals surface area contributed by atoms with Crippen LogP contribution >= 0.6 is 0 Å². The van der Waals surface area contributed by atoms with E-state index in [2.05, 4.69) is 100 Å². The predicted octanol–water partition coefficient (Wildman–Crippen LogP) is 7.19. The molecule has 2 rings (SSSR count). The molecule has 0 aliphatic carbocycles. The molecule has 0 N–H and O–H groups in total. The summed E-state index contributed by atoms with van der Waals surface area (Å²) in [4.78, 5) is 10.5. The third-order valence-electron chi connectivity index (χ3n) is 6.30. The van der Waals surface area contributed by atoms with Crippen molar-refractivity contribution in [2.24, 2.45) is 5.41 Å². The summed E-state index contributed by atoms with van der Waals surface area (Å²) in [5.41, 5.74) is 4.88. The number of hydrogen-bond acceptors (Lipinski definition) is 4. The molecule has 1 fully saturated rings. The largest absolute Gasteiger partial charge is 0.301 e. The Morgan fingerprint density at radius 2 is 0.806 bits per heavy atom. The van der Waals surface area contributed by atoms with Crippen LogP contribution in [0.3, 0.4) is 0 Å². The second kappa shape index (κ2) is 22.1. The minimum Gasteiger partial charge on any atom is -0.301 e. The number of nitrogens with zero attached hydrogens (tertiary/aromatic N) is 4. The molecule has 0 atom stereocenters. The highest BCUT2D eigenvalue weighted by Gasteiger charge is 2.16. The van der Waals surface area contributed by atoms with Crippen LogP contribution in [0.15, 0.2) is 18.2 Å². The van der Waals surface area contributed by atoms with Crippen molar-refractivity contribution in [3.8, 4) is 0 Å². The van der Waals surface area contributed by atoms with Crippen LogP contribution in [-0.4, -0.2) is 91.6 Å². The van der Waals surface area contributed by atoms with Crippen molar-refractivity contribution in [2.75, 3.05) is 72.0 Å². The summed E-state index contributed by atoms with van der Waals surface area (Å²) >= 11 is 0. The number of aryl methyl sites for hydroxylation is 2. The molecule has 36 heavy (non-hydrogen) atoms. The van der Waals surface area contributed by atoms with E-state index in [9.17, 15) is 0 Å². The van der Waals surface area contributed by atoms with Gasteiger partial charge in [-0.05, 0) is 55.6 Å². The van der Waals surface area contributed by atoms with Crippen molar-refractivity contribution >= 4 is 0 Å². The highest BCUT2D eigenvalue weighted by atomic mass is 15.3. The van der Waals surface area contributed by atoms with Crippen molar-refractivity contribution in [3.05, 3.63) is 34.9 Å². The van der Waals surface area contributed by atoms with Gasteiger partial charge < -0.3 is 14.7 Å². The maximum absolute atomic E-state index is 2.68. The quantitative estimate of drug-likeness (QED) is 0.419. The van der Waals surface area contributed by atoms with E-state index in [1.54, 1.807) is 0 Å². The Morgan fingerprint density at radius 3 is 1.06 bits per heavy atom. The van der Waals surface area contributed by atoms with Crippen LogP contribution in [0.25, 0.3) is 0 Å². The summed E-state index contributed by atoms with van der Waals surface area (Å²) in [6.45, 7) is 42.1. The molecule has 4 nitrogen and oxygen atoms in total. The molecule has 1 aromatic carbocycles. The number of benzene rings is 1. The van der Waals surface area contributed by atoms with Gasteiger partial charge in [0.1, 0.15) is 0 Å². The van der Waals surface area contributed by atoms with Crippen LogP contribution in [0.2, 0.25) is 0 Å². The molecule has 0 spiro atoms. The molecule has 0 aromatic heterocycles. The molecular weight excluding hydrogens is 440 g/mol. The highest BCUT2D eigenvalue weighted by molar-refractivity contribution is 5.33. The first kappa shape index (κ1) is 37.2. The van der Waals surface area contributed by atoms with Gasteiger partial charge in [0.05, 0.1) is 0 Å². The molecule has 1 heterocycles. The Bertz CT molecular complexity index is 577. The van der Waals surface area contributed by atoms with E-state index in [1.807, 2.05) is 27.7 Å². The zero-order chi connectivity index (χ0) is 28.1. The van der Waals surface area contributed by atoms with E-state index in [0.29, 0.717) is 5.41 Å². The minimum absolute atomic E-state index is 0.500. The molecule has 1 aliphatic rings. The SMILES string of the molecule is CC.CC.CC(C)(C)C.CCN1CCN(CC)CCN(Cc2c(C)cccc2C)CCN(CC)CC1. The molecule has 0 saturated carbocycles. The average Bonchev–Trinajstić information content (AvgIpc) is 2.84. The first-order chi connectivity index (χ1) is 17.1. The van der Waals surface area contributed by atoms with Crippen molar-refractivity contribution in [2.45, 2.75) is 96.6 Å². The summed E-state index contributed by atoms with van der Waals surface area (Å²) in [5, 5.41) is 0. The predicted molar refractivity (Wildman–Crippen MR) is 165 cm³/mol. The van der Waals surface area contributed by atoms with Gasteiger partial charge >= 0.3 is 0 Å². The van der Waals surface area contributed by atoms with Crippen molar-refractivity contribution in [3.63, 3.8) is 0 Å². The van der Waals surface area contributed by atoms with Gasteiger partial charge in [-0.15, -0.1) is 0 Å². The molecule has 0 unspecified atom stereocenters. The van der Waals surface area contributed by atoms with Gasteiger partial charge in [0, 0.05) is 58.9 Å². The molecular formula is C32H66N4. The van der Waals surface area contributed by atoms with Crippen molar-refractivity contribution in [1.82, 2.24) is 19.6 Å². The van der Waals surface area contributed by atoms with E-state index in [0.717, 1.165) is 39.3 Å². The molecule has 0 radical (unpaired) electrons. The lowest BCUT2D eigenvalue weighted by molar-refractivity contribution is 0.137. The molecule has 1 aromatic rings. The number of likely N-dealkylation sites (N-methyl/N-ethyl adjacent to an activating group) is 3. The summed E-state index contributed by atoms with van der Waals surface area (Å²) in [7, 11) is 0. The van der Waals surface area contributed by atoms with E-state index < -0.39 is 0 Å². The Hall–Kier alpha value is -0.940. The Morgan fingerprint density at radius 1 is 0.556 bits per heavy atom. The van der Waals surface area contributed by atoms with Gasteiger partial charge in [-0.2, -0.15) is 0 Å². The topological polar surface area (TPSA) is 13.0 Å². The van der Waals surface area contributed by atoms with Gasteiger partial charge in [-0.25, -0.2) is 0 Å². The lowest BCUT2D eigenvalue weighted by atomic mass is 10.0. The summed E-state index contributed by atoms with van der Waals surface area (Å²) in [6, 6.07) is 6.70. The maximum atomic E-state index is 2.68. The van der Waals surface area contributed by atoms with Crippen LogP contribution < -0.4 is 0 Å². The lowest BCUT2D eigenvalue weighted by Gasteiger charge is -2.33. The van der Waals surface area contributed by atoms with Crippen LogP contribution in [0.1, 0.15) is 92.9 Å². The first-order valence-electron chi connectivity index (χ1n) is 15.0. The third kappa shape index (κ3) is 18.3. The van der Waals surface area contributed by atoms with Gasteiger partial charge in [0.25, 0.3) is 0 Å². The normalized spacial score (nSPS) is 17.2. The van der Waals surface area contributed by atoms with E-state index >= 15 is 0 Å². The zero-order valence-corrected chi connectivity index (χ0v) is 27.0. The van der Waals surface area contributed by atoms with E-state index in [4.69, 9.17) is 0 Å². The summed E-state index contributed by atoms with van der Waals surface area (Å²) in [5.74, 6) is 0. The smallest absolute Gasteiger partial charge is 0.0240 e. The fourth-order valence-electron chi connectivity index (χ4n) is 4.01. The van der Waals surface area contributed by atoms with Gasteiger partial charge in [-0.1, -0.05) is 94.4 Å². The lowest BCUT2D eigenvalue weighted by Crippen LogP contribution is -2.45. The van der Waals surface area contributed by atoms with Gasteiger partial charge in [-0.3, -0.25) is 4.90 Å². The molecule has 1 aliphatic heterocycles. The van der Waals surface area contributed by atoms with E-state index in [1.165, 1.54) is 56.0 Å². The number of hydrogen-bond donors (Lipinski definition) is 0. The van der Waals surface area contributed by atoms with Crippen LogP contribution in [0, 0.1) is 19.3 Å². The van der Waals surface area contributed by atoms with Crippen molar-refractivity contribution < 1.29 is 0 Å². The molecule has 4 heteroatoms. The van der Waals surface area contributed by atoms with E-state index in [-0.39, 0.29) is 0 Å². The fourth-order valence-corrected chi connectivity index (χ4v) is 4.01. The zero-order valence-electron chi connectivity index (χ0n) is 27.0. The second-order valence-corrected chi connectivity index (χ2v) is 10.9. The maximum Gasteiger partial charge on any atom is 0.0240 e. The first-order valence-corrected chi connectivity index (χ1v) is 15.0. The van der Waals surface area contributed by atoms with Gasteiger partial charge in [0.15, 0.2) is 0 Å².